The highest BCUT2D eigenvalue weighted by Gasteiger charge is 2.57. The molecule has 6 saturated heterocycles. The van der Waals surface area contributed by atoms with Gasteiger partial charge in [-0.25, -0.2) is 0 Å². The van der Waals surface area contributed by atoms with Crippen LogP contribution in [0.2, 0.25) is 0 Å². The predicted octanol–water partition coefficient (Wildman–Crippen LogP) is 0.948. The summed E-state index contributed by atoms with van der Waals surface area (Å²) in [5.74, 6) is -2.51. The third kappa shape index (κ3) is 7.07. The van der Waals surface area contributed by atoms with Gasteiger partial charge in [0.25, 0.3) is 0 Å². The molecule has 15 heteroatoms. The summed E-state index contributed by atoms with van der Waals surface area (Å²) in [6.45, 7) is 10.6. The van der Waals surface area contributed by atoms with Gasteiger partial charge in [-0.05, 0) is 58.2 Å². The molecule has 0 radical (unpaired) electrons. The van der Waals surface area contributed by atoms with E-state index >= 15 is 0 Å². The Morgan fingerprint density at radius 1 is 0.479 bits per heavy atom. The fourth-order valence-electron chi connectivity index (χ4n) is 7.35. The van der Waals surface area contributed by atoms with Crippen LogP contribution in [0.25, 0.3) is 0 Å². The van der Waals surface area contributed by atoms with Crippen LogP contribution in [0, 0.1) is 0 Å². The molecule has 0 spiro atoms. The molecule has 0 unspecified atom stereocenters. The lowest BCUT2D eigenvalue weighted by Crippen LogP contribution is -2.38. The van der Waals surface area contributed by atoms with E-state index in [0.29, 0.717) is 0 Å². The number of benzene rings is 1. The minimum Gasteiger partial charge on any atom is -0.394 e. The quantitative estimate of drug-likeness (QED) is 0.284. The summed E-state index contributed by atoms with van der Waals surface area (Å²) in [6.07, 6.45) is -6.97. The minimum atomic E-state index is -0.837. The maximum Gasteiger partial charge on any atom is 0.190 e. The van der Waals surface area contributed by atoms with E-state index in [-0.39, 0.29) is 39.6 Å². The van der Waals surface area contributed by atoms with Crippen LogP contribution in [0.4, 0.5) is 0 Å². The second-order valence-electron chi connectivity index (χ2n) is 14.5. The summed E-state index contributed by atoms with van der Waals surface area (Å²) < 4.78 is 72.4. The fourth-order valence-corrected chi connectivity index (χ4v) is 7.35. The number of hydrogen-bond donors (Lipinski definition) is 3. The molecule has 0 aliphatic carbocycles. The first kappa shape index (κ1) is 35.0. The molecular weight excluding hydrogens is 636 g/mol. The molecule has 15 nitrogen and oxygen atoms in total. The van der Waals surface area contributed by atoms with Crippen LogP contribution in [0.5, 0.6) is 0 Å². The Bertz CT molecular complexity index is 1120. The average molecular weight is 685 g/mol. The molecule has 3 N–H and O–H groups in total. The maximum atomic E-state index is 9.99. The first-order valence-corrected chi connectivity index (χ1v) is 16.6. The lowest BCUT2D eigenvalue weighted by atomic mass is 10.1. The van der Waals surface area contributed by atoms with E-state index in [1.54, 1.807) is 41.5 Å². The van der Waals surface area contributed by atoms with Crippen molar-refractivity contribution in [3.05, 3.63) is 34.9 Å². The molecule has 0 bridgehead atoms. The van der Waals surface area contributed by atoms with E-state index in [4.69, 9.17) is 56.8 Å². The van der Waals surface area contributed by atoms with Crippen LogP contribution in [0.3, 0.4) is 0 Å². The van der Waals surface area contributed by atoms with Crippen molar-refractivity contribution in [3.63, 3.8) is 0 Å². The number of hydrogen-bond acceptors (Lipinski definition) is 15. The van der Waals surface area contributed by atoms with Gasteiger partial charge < -0.3 is 72.2 Å². The molecule has 1 aromatic carbocycles. The van der Waals surface area contributed by atoms with E-state index < -0.39 is 91.2 Å². The van der Waals surface area contributed by atoms with E-state index in [1.807, 2.05) is 18.2 Å². The maximum absolute atomic E-state index is 9.99. The molecule has 0 amide bonds. The van der Waals surface area contributed by atoms with Gasteiger partial charge in [0.2, 0.25) is 0 Å². The van der Waals surface area contributed by atoms with Crippen molar-refractivity contribution in [3.8, 4) is 0 Å². The molecule has 12 atom stereocenters. The lowest BCUT2D eigenvalue weighted by Gasteiger charge is -2.26. The Morgan fingerprint density at radius 3 is 1.00 bits per heavy atom. The van der Waals surface area contributed by atoms with Crippen molar-refractivity contribution < 1.29 is 72.2 Å². The van der Waals surface area contributed by atoms with Crippen LogP contribution in [-0.2, 0) is 76.7 Å². The van der Waals surface area contributed by atoms with Gasteiger partial charge in [0.15, 0.2) is 36.2 Å². The van der Waals surface area contributed by atoms with Crippen molar-refractivity contribution in [1.29, 1.82) is 0 Å². The van der Waals surface area contributed by atoms with Gasteiger partial charge in [-0.1, -0.05) is 18.2 Å². The van der Waals surface area contributed by atoms with Gasteiger partial charge in [-0.2, -0.15) is 0 Å². The predicted molar refractivity (Wildman–Crippen MR) is 160 cm³/mol. The van der Waals surface area contributed by atoms with E-state index in [0.717, 1.165) is 16.7 Å². The molecule has 1 aromatic rings. The van der Waals surface area contributed by atoms with Crippen LogP contribution in [-0.4, -0.2) is 126 Å². The zero-order valence-corrected chi connectivity index (χ0v) is 28.1. The number of fused-ring (bicyclic) bond motifs is 3. The standard InChI is InChI=1S/C33H48O15/c1-31(2)43-25-22(19(10-34)40-28(25)46-31)37-13-16-7-17(14-38-23-20(11-35)41-29-26(23)44-32(3,4)47-29)9-18(8-16)15-39-24-21(12-36)42-30-27(24)45-33(5,6)48-30/h7-9,19-30,34-36H,10-15H2,1-6H3/t19-,20-,21-,22+,23+,24+,25-,26-,27-,28-,29-,30-/m1/s1. The molecule has 6 heterocycles. The normalized spacial score (nSPS) is 41.9. The van der Waals surface area contributed by atoms with Crippen molar-refractivity contribution in [1.82, 2.24) is 0 Å². The van der Waals surface area contributed by atoms with Crippen molar-refractivity contribution in [2.75, 3.05) is 19.8 Å². The van der Waals surface area contributed by atoms with Gasteiger partial charge in [0.1, 0.15) is 54.9 Å². The molecule has 0 saturated carbocycles. The zero-order valence-electron chi connectivity index (χ0n) is 28.1. The summed E-state index contributed by atoms with van der Waals surface area (Å²) >= 11 is 0. The highest BCUT2D eigenvalue weighted by atomic mass is 16.9. The Kier molecular flexibility index (Phi) is 9.71. The van der Waals surface area contributed by atoms with E-state index in [9.17, 15) is 15.3 Å². The third-order valence-corrected chi connectivity index (χ3v) is 9.24. The van der Waals surface area contributed by atoms with Crippen LogP contribution >= 0.6 is 0 Å². The SMILES string of the molecule is CC1(C)O[C@H]2O[C@H](CO)[C@H](OCc3cc(CO[C@@H]4[C@H]5OC(C)(C)O[C@H]5O[C@@H]4CO)cc(CO[C@@H]4[C@H]5OC(C)(C)O[C@H]5O[C@@H]4CO)c3)[C@H]2O1. The number of aliphatic hydroxyl groups excluding tert-OH is 3. The summed E-state index contributed by atoms with van der Waals surface area (Å²) in [6, 6.07) is 5.87. The number of rotatable bonds is 12. The lowest BCUT2D eigenvalue weighted by molar-refractivity contribution is -0.223. The summed E-state index contributed by atoms with van der Waals surface area (Å²) in [4.78, 5) is 0. The molecular formula is C33H48O15. The van der Waals surface area contributed by atoms with Gasteiger partial charge >= 0.3 is 0 Å². The molecule has 7 rings (SSSR count). The van der Waals surface area contributed by atoms with Gasteiger partial charge in [0.05, 0.1) is 39.6 Å². The Balaban J connectivity index is 1.08. The number of aliphatic hydroxyl groups is 3. The number of ether oxygens (including phenoxy) is 12. The summed E-state index contributed by atoms with van der Waals surface area (Å²) in [7, 11) is 0. The average Bonchev–Trinajstić information content (AvgIpc) is 3.81. The highest BCUT2D eigenvalue weighted by Crippen LogP contribution is 2.41. The summed E-state index contributed by atoms with van der Waals surface area (Å²) in [5.41, 5.74) is 2.44. The first-order valence-electron chi connectivity index (χ1n) is 16.6. The molecule has 6 aliphatic rings. The van der Waals surface area contributed by atoms with Crippen LogP contribution in [0.15, 0.2) is 18.2 Å². The highest BCUT2D eigenvalue weighted by molar-refractivity contribution is 5.29. The summed E-state index contributed by atoms with van der Waals surface area (Å²) in [5, 5.41) is 30.0. The second-order valence-corrected chi connectivity index (χ2v) is 14.5. The smallest absolute Gasteiger partial charge is 0.190 e. The topological polar surface area (TPSA) is 171 Å². The van der Waals surface area contributed by atoms with Crippen molar-refractivity contribution in [2.24, 2.45) is 0 Å². The molecule has 0 aromatic heterocycles. The second kappa shape index (κ2) is 13.3. The van der Waals surface area contributed by atoms with E-state index in [2.05, 4.69) is 0 Å². The Labute approximate surface area is 279 Å². The van der Waals surface area contributed by atoms with Gasteiger partial charge in [-0.3, -0.25) is 0 Å². The van der Waals surface area contributed by atoms with Gasteiger partial charge in [-0.15, -0.1) is 0 Å². The fraction of sp³-hybridized carbons (Fsp3) is 0.818. The Morgan fingerprint density at radius 2 is 0.750 bits per heavy atom. The van der Waals surface area contributed by atoms with E-state index in [1.165, 1.54) is 0 Å². The third-order valence-electron chi connectivity index (χ3n) is 9.24. The van der Waals surface area contributed by atoms with Crippen molar-refractivity contribution in [2.45, 2.75) is 153 Å². The molecule has 270 valence electrons. The van der Waals surface area contributed by atoms with Gasteiger partial charge in [0, 0.05) is 0 Å². The van der Waals surface area contributed by atoms with Crippen molar-refractivity contribution >= 4 is 0 Å². The molecule has 48 heavy (non-hydrogen) atoms. The van der Waals surface area contributed by atoms with Crippen LogP contribution in [0.1, 0.15) is 58.2 Å². The zero-order chi connectivity index (χ0) is 34.0. The monoisotopic (exact) mass is 684 g/mol. The minimum absolute atomic E-state index is 0.168. The molecule has 6 fully saturated rings. The Hall–Kier alpha value is -1.38. The largest absolute Gasteiger partial charge is 0.394 e. The van der Waals surface area contributed by atoms with Crippen LogP contribution < -0.4 is 0 Å². The molecule has 6 aliphatic heterocycles. The first-order chi connectivity index (χ1) is 22.8.